The SMILES string of the molecule is CC1=C([Si](C)(c2ccccc2)c2ccccc2)C(C)=[C]([Ti+3])C1.[Cl-].[Cl-].[Cl-]. The Hall–Kier alpha value is -0.279. The second-order valence-corrected chi connectivity index (χ2v) is 11.1. The maximum Gasteiger partial charge on any atom is -1.00 e. The summed E-state index contributed by atoms with van der Waals surface area (Å²) in [6, 6.07) is 22.2. The van der Waals surface area contributed by atoms with Crippen LogP contribution in [0.4, 0.5) is 0 Å². The van der Waals surface area contributed by atoms with Gasteiger partial charge in [0.2, 0.25) is 0 Å². The molecular formula is C20H21Cl3SiTi. The van der Waals surface area contributed by atoms with Crippen LogP contribution in [-0.2, 0) is 20.4 Å². The van der Waals surface area contributed by atoms with Gasteiger partial charge in [0.15, 0.2) is 0 Å². The summed E-state index contributed by atoms with van der Waals surface area (Å²) >= 11 is 2.29. The Bertz CT molecular complexity index is 716. The number of hydrogen-bond donors (Lipinski definition) is 0. The molecule has 0 heterocycles. The molecule has 5 heteroatoms. The van der Waals surface area contributed by atoms with Gasteiger partial charge in [-0.2, -0.15) is 0 Å². The fraction of sp³-hybridized carbons (Fsp3) is 0.200. The minimum Gasteiger partial charge on any atom is -1.00 e. The van der Waals surface area contributed by atoms with E-state index >= 15 is 0 Å². The van der Waals surface area contributed by atoms with Crippen molar-refractivity contribution < 1.29 is 57.7 Å². The van der Waals surface area contributed by atoms with Crippen LogP contribution >= 0.6 is 0 Å². The molecular weight excluding hydrogens is 423 g/mol. The summed E-state index contributed by atoms with van der Waals surface area (Å²) in [5.41, 5.74) is 3.09. The average Bonchev–Trinajstić information content (AvgIpc) is 2.81. The maximum absolute atomic E-state index is 2.51. The third kappa shape index (κ3) is 4.53. The quantitative estimate of drug-likeness (QED) is 0.417. The van der Waals surface area contributed by atoms with Crippen molar-refractivity contribution in [1.29, 1.82) is 0 Å². The fourth-order valence-electron chi connectivity index (χ4n) is 3.76. The van der Waals surface area contributed by atoms with Crippen LogP contribution in [0.5, 0.6) is 0 Å². The van der Waals surface area contributed by atoms with Crippen molar-refractivity contribution in [3.05, 3.63) is 80.9 Å². The Morgan fingerprint density at radius 1 is 0.760 bits per heavy atom. The molecule has 25 heavy (non-hydrogen) atoms. The smallest absolute Gasteiger partial charge is 1.00 e. The van der Waals surface area contributed by atoms with E-state index < -0.39 is 8.07 Å². The molecule has 0 nitrogen and oxygen atoms in total. The van der Waals surface area contributed by atoms with Gasteiger partial charge in [-0.05, 0) is 0 Å². The number of rotatable bonds is 3. The van der Waals surface area contributed by atoms with E-state index in [0.29, 0.717) is 0 Å². The number of hydrogen-bond acceptors (Lipinski definition) is 0. The molecule has 0 bridgehead atoms. The van der Waals surface area contributed by atoms with Crippen molar-refractivity contribution in [3.8, 4) is 0 Å². The van der Waals surface area contributed by atoms with E-state index in [0.717, 1.165) is 6.42 Å². The van der Waals surface area contributed by atoms with E-state index in [9.17, 15) is 0 Å². The molecule has 3 rings (SSSR count). The van der Waals surface area contributed by atoms with E-state index in [2.05, 4.69) is 101 Å². The minimum absolute atomic E-state index is 0. The first-order valence-corrected chi connectivity index (χ1v) is 11.1. The zero-order valence-electron chi connectivity index (χ0n) is 14.6. The third-order valence-electron chi connectivity index (χ3n) is 4.90. The van der Waals surface area contributed by atoms with Crippen molar-refractivity contribution in [2.45, 2.75) is 26.8 Å². The Morgan fingerprint density at radius 3 is 1.48 bits per heavy atom. The number of halogens is 3. The molecule has 1 aliphatic carbocycles. The van der Waals surface area contributed by atoms with Gasteiger partial charge in [-0.1, -0.05) is 0 Å². The van der Waals surface area contributed by atoms with Gasteiger partial charge in [-0.25, -0.2) is 0 Å². The topological polar surface area (TPSA) is 0 Å². The molecule has 0 fully saturated rings. The molecule has 0 N–H and O–H groups in total. The van der Waals surface area contributed by atoms with Crippen molar-refractivity contribution in [3.63, 3.8) is 0 Å². The molecule has 1 aliphatic rings. The van der Waals surface area contributed by atoms with Gasteiger partial charge in [0.1, 0.15) is 0 Å². The van der Waals surface area contributed by atoms with E-state index in [1.54, 1.807) is 10.8 Å². The van der Waals surface area contributed by atoms with Crippen LogP contribution in [0.3, 0.4) is 0 Å². The normalized spacial score (nSPS) is 13.8. The first kappa shape index (κ1) is 24.7. The van der Waals surface area contributed by atoms with Crippen LogP contribution in [-0.4, -0.2) is 8.07 Å². The van der Waals surface area contributed by atoms with Crippen molar-refractivity contribution in [2.24, 2.45) is 0 Å². The summed E-state index contributed by atoms with van der Waals surface area (Å²) in [4.78, 5) is 0. The Kier molecular flexibility index (Phi) is 10.0. The summed E-state index contributed by atoms with van der Waals surface area (Å²) < 4.78 is 1.54. The van der Waals surface area contributed by atoms with Crippen LogP contribution < -0.4 is 47.6 Å². The third-order valence-corrected chi connectivity index (χ3v) is 10.5. The standard InChI is InChI=1S/C20H21Si.3ClH.Ti/c1-16-14-15-17(2)20(16)21(3,18-10-6-4-7-11-18)19-12-8-5-9-13-19;;;;/h4-13H,14H2,1-3H3;3*1H;/q;;;;+3/p-3. The second-order valence-electron chi connectivity index (χ2n) is 6.29. The van der Waals surface area contributed by atoms with Crippen molar-refractivity contribution in [1.82, 2.24) is 0 Å². The zero-order chi connectivity index (χ0) is 15.7. The zero-order valence-corrected chi connectivity index (χ0v) is 19.4. The van der Waals surface area contributed by atoms with Gasteiger partial charge >= 0.3 is 147 Å². The summed E-state index contributed by atoms with van der Waals surface area (Å²) in [5.74, 6) is 0. The molecule has 0 unspecified atom stereocenters. The molecule has 0 saturated carbocycles. The minimum atomic E-state index is -1.91. The predicted octanol–water partition coefficient (Wildman–Crippen LogP) is -5.03. The van der Waals surface area contributed by atoms with Crippen LogP contribution in [0.2, 0.25) is 6.55 Å². The number of allylic oxidation sites excluding steroid dienone is 4. The second kappa shape index (κ2) is 10.2. The Balaban J connectivity index is 0.00000192. The largest absolute Gasteiger partial charge is 1.00 e. The van der Waals surface area contributed by atoms with E-state index in [4.69, 9.17) is 0 Å². The molecule has 0 saturated heterocycles. The molecule has 0 radical (unpaired) electrons. The summed E-state index contributed by atoms with van der Waals surface area (Å²) in [7, 11) is -1.91. The van der Waals surface area contributed by atoms with Crippen molar-refractivity contribution in [2.75, 3.05) is 0 Å². The molecule has 0 aliphatic heterocycles. The van der Waals surface area contributed by atoms with Crippen molar-refractivity contribution >= 4 is 18.4 Å². The Morgan fingerprint density at radius 2 is 1.16 bits per heavy atom. The summed E-state index contributed by atoms with van der Waals surface area (Å²) in [5, 5.41) is 4.65. The number of benzene rings is 2. The Labute approximate surface area is 182 Å². The molecule has 0 atom stereocenters. The van der Waals surface area contributed by atoms with Gasteiger partial charge in [0.25, 0.3) is 0 Å². The summed E-state index contributed by atoms with van der Waals surface area (Å²) in [6.07, 6.45) is 1.14. The van der Waals surface area contributed by atoms with E-state index in [1.807, 2.05) is 0 Å². The monoisotopic (exact) mass is 442 g/mol. The average molecular weight is 444 g/mol. The predicted molar refractivity (Wildman–Crippen MR) is 93.8 cm³/mol. The molecule has 2 aromatic rings. The van der Waals surface area contributed by atoms with Gasteiger partial charge in [-0.3, -0.25) is 0 Å². The fourth-order valence-corrected chi connectivity index (χ4v) is 9.03. The molecule has 0 amide bonds. The first-order chi connectivity index (χ1) is 10.5. The van der Waals surface area contributed by atoms with Crippen LogP contribution in [0.25, 0.3) is 0 Å². The maximum atomic E-state index is 2.51. The molecule has 0 aromatic heterocycles. The van der Waals surface area contributed by atoms with Gasteiger partial charge in [0, 0.05) is 0 Å². The molecule has 0 spiro atoms. The van der Waals surface area contributed by atoms with E-state index in [-0.39, 0.29) is 37.2 Å². The van der Waals surface area contributed by atoms with Gasteiger partial charge < -0.3 is 37.2 Å². The van der Waals surface area contributed by atoms with Crippen LogP contribution in [0.15, 0.2) is 80.9 Å². The van der Waals surface area contributed by atoms with Gasteiger partial charge in [-0.15, -0.1) is 0 Å². The summed E-state index contributed by atoms with van der Waals surface area (Å²) in [6.45, 7) is 7.16. The van der Waals surface area contributed by atoms with E-state index in [1.165, 1.54) is 19.8 Å². The molecule has 130 valence electrons. The van der Waals surface area contributed by atoms with Gasteiger partial charge in [0.05, 0.1) is 0 Å². The van der Waals surface area contributed by atoms with Crippen LogP contribution in [0, 0.1) is 0 Å². The van der Waals surface area contributed by atoms with Crippen LogP contribution in [0.1, 0.15) is 20.3 Å². The first-order valence-electron chi connectivity index (χ1n) is 7.78. The molecule has 2 aromatic carbocycles.